The highest BCUT2D eigenvalue weighted by molar-refractivity contribution is 6.00. The van der Waals surface area contributed by atoms with Crippen LogP contribution in [0, 0.1) is 5.82 Å². The summed E-state index contributed by atoms with van der Waals surface area (Å²) in [6.07, 6.45) is 0. The molecule has 4 rings (SSSR count). The highest BCUT2D eigenvalue weighted by Gasteiger charge is 2.30. The van der Waals surface area contributed by atoms with Crippen LogP contribution in [0.15, 0.2) is 42.5 Å². The lowest BCUT2D eigenvalue weighted by atomic mass is 10.0. The summed E-state index contributed by atoms with van der Waals surface area (Å²) in [5.74, 6) is 0.0390. The fourth-order valence-corrected chi connectivity index (χ4v) is 3.86. The molecule has 9 heteroatoms. The normalized spacial score (nSPS) is 18.6. The Kier molecular flexibility index (Phi) is 6.79. The van der Waals surface area contributed by atoms with Crippen molar-refractivity contribution in [2.45, 2.75) is 6.04 Å². The number of nitrogens with one attached hydrogen (secondary N) is 2. The van der Waals surface area contributed by atoms with E-state index in [4.69, 9.17) is 4.74 Å². The van der Waals surface area contributed by atoms with Gasteiger partial charge in [-0.25, -0.2) is 9.18 Å². The van der Waals surface area contributed by atoms with Crippen LogP contribution in [-0.2, 0) is 0 Å². The van der Waals surface area contributed by atoms with Crippen molar-refractivity contribution in [1.82, 2.24) is 15.5 Å². The zero-order chi connectivity index (χ0) is 20.4. The molecule has 2 fully saturated rings. The third kappa shape index (κ3) is 4.20. The summed E-state index contributed by atoms with van der Waals surface area (Å²) < 4.78 is 19.1. The molecule has 2 aromatic carbocycles. The molecule has 2 aromatic rings. The number of benzene rings is 2. The molecule has 0 aliphatic carbocycles. The van der Waals surface area contributed by atoms with Crippen LogP contribution in [0.2, 0.25) is 0 Å². The molecular formula is C21H24ClFN4O3. The molecule has 3 amide bonds. The van der Waals surface area contributed by atoms with Gasteiger partial charge < -0.3 is 20.3 Å². The van der Waals surface area contributed by atoms with Crippen LogP contribution in [0.1, 0.15) is 22.0 Å². The smallest absolute Gasteiger partial charge is 0.322 e. The fourth-order valence-electron chi connectivity index (χ4n) is 3.86. The van der Waals surface area contributed by atoms with Gasteiger partial charge in [0.15, 0.2) is 0 Å². The second-order valence-electron chi connectivity index (χ2n) is 7.04. The Morgan fingerprint density at radius 1 is 1.17 bits per heavy atom. The highest BCUT2D eigenvalue weighted by atomic mass is 35.5. The lowest BCUT2D eigenvalue weighted by Crippen LogP contribution is -2.48. The van der Waals surface area contributed by atoms with Crippen molar-refractivity contribution in [2.75, 3.05) is 44.7 Å². The number of ether oxygens (including phenoxy) is 1. The molecule has 160 valence electrons. The molecule has 0 radical (unpaired) electrons. The number of piperazine rings is 1. The summed E-state index contributed by atoms with van der Waals surface area (Å²) >= 11 is 0. The highest BCUT2D eigenvalue weighted by Crippen LogP contribution is 2.32. The van der Waals surface area contributed by atoms with E-state index in [1.165, 1.54) is 19.2 Å². The van der Waals surface area contributed by atoms with E-state index < -0.39 is 0 Å². The summed E-state index contributed by atoms with van der Waals surface area (Å²) in [5, 5.41) is 6.03. The van der Waals surface area contributed by atoms with Gasteiger partial charge in [0.05, 0.1) is 18.8 Å². The van der Waals surface area contributed by atoms with Gasteiger partial charge in [-0.2, -0.15) is 0 Å². The first-order chi connectivity index (χ1) is 14.1. The van der Waals surface area contributed by atoms with Gasteiger partial charge in [0.2, 0.25) is 0 Å². The van der Waals surface area contributed by atoms with Gasteiger partial charge in [0.1, 0.15) is 11.6 Å². The summed E-state index contributed by atoms with van der Waals surface area (Å²) in [6.45, 7) is 2.76. The minimum atomic E-state index is -0.327. The SMILES string of the molecule is COc1ccc(C(=O)N2CCNCC2c2cccc(F)c2)cc1N1CCNC1=O.Cl. The first-order valence-electron chi connectivity index (χ1n) is 9.59. The number of carbonyl (C=O) groups is 2. The quantitative estimate of drug-likeness (QED) is 0.775. The van der Waals surface area contributed by atoms with Crippen molar-refractivity contribution >= 4 is 30.0 Å². The van der Waals surface area contributed by atoms with Gasteiger partial charge in [-0.05, 0) is 35.9 Å². The molecular weight excluding hydrogens is 411 g/mol. The summed E-state index contributed by atoms with van der Waals surface area (Å²) in [7, 11) is 1.53. The number of urea groups is 1. The van der Waals surface area contributed by atoms with Gasteiger partial charge in [-0.15, -0.1) is 12.4 Å². The Labute approximate surface area is 180 Å². The van der Waals surface area contributed by atoms with E-state index >= 15 is 0 Å². The Morgan fingerprint density at radius 2 is 2.00 bits per heavy atom. The number of anilines is 1. The van der Waals surface area contributed by atoms with Crippen molar-refractivity contribution in [3.63, 3.8) is 0 Å². The first kappa shape index (κ1) is 21.9. The average molecular weight is 435 g/mol. The molecule has 1 atom stereocenters. The average Bonchev–Trinajstić information content (AvgIpc) is 3.18. The standard InChI is InChI=1S/C21H23FN4O3.ClH/c1-29-19-6-5-15(12-17(19)26-10-8-24-21(26)28)20(27)25-9-7-23-13-18(25)14-3-2-4-16(22)11-14;/h2-6,11-12,18,23H,7-10,13H2,1H3,(H,24,28);1H. The van der Waals surface area contributed by atoms with Crippen molar-refractivity contribution in [1.29, 1.82) is 0 Å². The number of amides is 3. The number of hydrogen-bond acceptors (Lipinski definition) is 4. The molecule has 2 aliphatic heterocycles. The van der Waals surface area contributed by atoms with Gasteiger partial charge in [-0.1, -0.05) is 12.1 Å². The molecule has 0 bridgehead atoms. The third-order valence-electron chi connectivity index (χ3n) is 5.31. The van der Waals surface area contributed by atoms with E-state index in [0.29, 0.717) is 49.7 Å². The number of nitrogens with zero attached hydrogens (tertiary/aromatic N) is 2. The predicted molar refractivity (Wildman–Crippen MR) is 114 cm³/mol. The fraction of sp³-hybridized carbons (Fsp3) is 0.333. The molecule has 0 saturated carbocycles. The molecule has 30 heavy (non-hydrogen) atoms. The van der Waals surface area contributed by atoms with Crippen molar-refractivity contribution < 1.29 is 18.7 Å². The van der Waals surface area contributed by atoms with E-state index in [1.54, 1.807) is 34.1 Å². The zero-order valence-electron chi connectivity index (χ0n) is 16.6. The van der Waals surface area contributed by atoms with Crippen LogP contribution in [-0.4, -0.2) is 56.7 Å². The maximum atomic E-state index is 13.7. The van der Waals surface area contributed by atoms with E-state index in [-0.39, 0.29) is 36.2 Å². The Morgan fingerprint density at radius 3 is 2.70 bits per heavy atom. The van der Waals surface area contributed by atoms with Gasteiger partial charge in [-0.3, -0.25) is 9.69 Å². The molecule has 2 N–H and O–H groups in total. The monoisotopic (exact) mass is 434 g/mol. The van der Waals surface area contributed by atoms with Gasteiger partial charge in [0.25, 0.3) is 5.91 Å². The number of halogens is 2. The van der Waals surface area contributed by atoms with Crippen LogP contribution in [0.3, 0.4) is 0 Å². The third-order valence-corrected chi connectivity index (χ3v) is 5.31. The number of methoxy groups -OCH3 is 1. The first-order valence-corrected chi connectivity index (χ1v) is 9.59. The van der Waals surface area contributed by atoms with E-state index in [0.717, 1.165) is 5.56 Å². The van der Waals surface area contributed by atoms with Gasteiger partial charge in [0, 0.05) is 38.3 Å². The molecule has 2 saturated heterocycles. The topological polar surface area (TPSA) is 73.9 Å². The van der Waals surface area contributed by atoms with Gasteiger partial charge >= 0.3 is 6.03 Å². The Hall–Kier alpha value is -2.84. The zero-order valence-corrected chi connectivity index (χ0v) is 17.4. The molecule has 0 aromatic heterocycles. The second kappa shape index (κ2) is 9.32. The molecule has 0 spiro atoms. The lowest BCUT2D eigenvalue weighted by molar-refractivity contribution is 0.0634. The van der Waals surface area contributed by atoms with Crippen LogP contribution in [0.5, 0.6) is 5.75 Å². The van der Waals surface area contributed by atoms with E-state index in [9.17, 15) is 14.0 Å². The van der Waals surface area contributed by atoms with Crippen LogP contribution in [0.25, 0.3) is 0 Å². The minimum absolute atomic E-state index is 0. The number of carbonyl (C=O) groups excluding carboxylic acids is 2. The maximum Gasteiger partial charge on any atom is 0.322 e. The van der Waals surface area contributed by atoms with Crippen molar-refractivity contribution in [3.8, 4) is 5.75 Å². The van der Waals surface area contributed by atoms with Crippen LogP contribution < -0.4 is 20.3 Å². The lowest BCUT2D eigenvalue weighted by Gasteiger charge is -2.37. The largest absolute Gasteiger partial charge is 0.495 e. The molecule has 2 aliphatic rings. The summed E-state index contributed by atoms with van der Waals surface area (Å²) in [5.41, 5.74) is 1.77. The molecule has 2 heterocycles. The second-order valence-corrected chi connectivity index (χ2v) is 7.04. The predicted octanol–water partition coefficient (Wildman–Crippen LogP) is 2.57. The van der Waals surface area contributed by atoms with Crippen LogP contribution >= 0.6 is 12.4 Å². The van der Waals surface area contributed by atoms with Crippen molar-refractivity contribution in [3.05, 3.63) is 59.4 Å². The molecule has 7 nitrogen and oxygen atoms in total. The number of rotatable bonds is 4. The Bertz CT molecular complexity index is 942. The van der Waals surface area contributed by atoms with Crippen molar-refractivity contribution in [2.24, 2.45) is 0 Å². The summed E-state index contributed by atoms with van der Waals surface area (Å²) in [4.78, 5) is 28.8. The minimum Gasteiger partial charge on any atom is -0.495 e. The number of hydrogen-bond donors (Lipinski definition) is 2. The van der Waals surface area contributed by atoms with E-state index in [2.05, 4.69) is 10.6 Å². The summed E-state index contributed by atoms with van der Waals surface area (Å²) in [6, 6.07) is 10.9. The van der Waals surface area contributed by atoms with E-state index in [1.807, 2.05) is 6.07 Å². The van der Waals surface area contributed by atoms with Crippen LogP contribution in [0.4, 0.5) is 14.9 Å². The Balaban J connectivity index is 0.00000256. The maximum absolute atomic E-state index is 13.7. The molecule has 1 unspecified atom stereocenters.